The predicted molar refractivity (Wildman–Crippen MR) is 74.2 cm³/mol. The van der Waals surface area contributed by atoms with Crippen molar-refractivity contribution in [3.8, 4) is 6.07 Å². The van der Waals surface area contributed by atoms with Crippen LogP contribution in [0.3, 0.4) is 0 Å². The highest BCUT2D eigenvalue weighted by molar-refractivity contribution is 5.84. The van der Waals surface area contributed by atoms with Crippen LogP contribution in [0.4, 0.5) is 5.82 Å². The lowest BCUT2D eigenvalue weighted by Crippen LogP contribution is -2.47. The molecule has 1 fully saturated rings. The molecule has 1 saturated heterocycles. The maximum Gasteiger partial charge on any atom is 0.244 e. The fraction of sp³-hybridized carbons (Fsp3) is 0.500. The van der Waals surface area contributed by atoms with Crippen molar-refractivity contribution in [2.24, 2.45) is 0 Å². The molecular weight excluding hydrogens is 256 g/mol. The number of nitrogens with one attached hydrogen (secondary N) is 1. The Balaban J connectivity index is 2.08. The number of nitrogens with zero attached hydrogens (tertiary/aromatic N) is 3. The Morgan fingerprint density at radius 3 is 2.90 bits per heavy atom. The maximum absolute atomic E-state index is 12.3. The summed E-state index contributed by atoms with van der Waals surface area (Å²) >= 11 is 0. The van der Waals surface area contributed by atoms with Crippen LogP contribution >= 0.6 is 0 Å². The minimum absolute atomic E-state index is 0.000459. The lowest BCUT2D eigenvalue weighted by Gasteiger charge is -2.29. The van der Waals surface area contributed by atoms with Crippen molar-refractivity contribution in [1.82, 2.24) is 9.88 Å². The molecule has 1 unspecified atom stereocenters. The number of rotatable bonds is 3. The Morgan fingerprint density at radius 2 is 2.25 bits per heavy atom. The number of ether oxygens (including phenoxy) is 1. The van der Waals surface area contributed by atoms with E-state index in [1.807, 2.05) is 6.92 Å². The van der Waals surface area contributed by atoms with Gasteiger partial charge >= 0.3 is 0 Å². The summed E-state index contributed by atoms with van der Waals surface area (Å²) in [5.41, 5.74) is 1.32. The molecule has 1 aromatic rings. The molecule has 2 heterocycles. The number of amides is 1. The summed E-state index contributed by atoms with van der Waals surface area (Å²) in [7, 11) is 0. The monoisotopic (exact) mass is 274 g/mol. The summed E-state index contributed by atoms with van der Waals surface area (Å²) in [6.07, 6.45) is 1.63. The molecule has 0 bridgehead atoms. The van der Waals surface area contributed by atoms with Crippen molar-refractivity contribution in [3.05, 3.63) is 23.4 Å². The highest BCUT2D eigenvalue weighted by Gasteiger charge is 2.23. The van der Waals surface area contributed by atoms with E-state index in [0.29, 0.717) is 37.7 Å². The molecule has 106 valence electrons. The van der Waals surface area contributed by atoms with E-state index in [1.165, 1.54) is 0 Å². The summed E-state index contributed by atoms with van der Waals surface area (Å²) in [6.45, 7) is 5.99. The van der Waals surface area contributed by atoms with Gasteiger partial charge in [-0.05, 0) is 25.5 Å². The SMILES string of the molecule is Cc1ccnc(NC(C)C(=O)N2CCOCC2)c1C#N. The third-order valence-corrected chi connectivity index (χ3v) is 3.32. The van der Waals surface area contributed by atoms with Gasteiger partial charge in [-0.1, -0.05) is 0 Å². The predicted octanol–water partition coefficient (Wildman–Crippen LogP) is 0.921. The fourth-order valence-corrected chi connectivity index (χ4v) is 2.13. The van der Waals surface area contributed by atoms with Crippen LogP contribution in [-0.2, 0) is 9.53 Å². The number of hydrogen-bond donors (Lipinski definition) is 1. The van der Waals surface area contributed by atoms with Crippen molar-refractivity contribution in [2.45, 2.75) is 19.9 Å². The number of nitriles is 1. The number of carbonyl (C=O) groups excluding carboxylic acids is 1. The van der Waals surface area contributed by atoms with Crippen LogP contribution < -0.4 is 5.32 Å². The maximum atomic E-state index is 12.3. The van der Waals surface area contributed by atoms with E-state index in [2.05, 4.69) is 16.4 Å². The van der Waals surface area contributed by atoms with Gasteiger partial charge < -0.3 is 15.0 Å². The van der Waals surface area contributed by atoms with Crippen molar-refractivity contribution in [3.63, 3.8) is 0 Å². The smallest absolute Gasteiger partial charge is 0.244 e. The average molecular weight is 274 g/mol. The first-order valence-corrected chi connectivity index (χ1v) is 6.62. The van der Waals surface area contributed by atoms with Crippen molar-refractivity contribution in [1.29, 1.82) is 5.26 Å². The largest absolute Gasteiger partial charge is 0.378 e. The molecule has 1 aliphatic rings. The molecule has 1 atom stereocenters. The van der Waals surface area contributed by atoms with Crippen LogP contribution in [0.2, 0.25) is 0 Å². The van der Waals surface area contributed by atoms with Crippen molar-refractivity contribution < 1.29 is 9.53 Å². The molecule has 20 heavy (non-hydrogen) atoms. The Morgan fingerprint density at radius 1 is 1.55 bits per heavy atom. The molecule has 6 nitrogen and oxygen atoms in total. The Hall–Kier alpha value is -2.13. The van der Waals surface area contributed by atoms with Crippen LogP contribution in [0.15, 0.2) is 12.3 Å². The topological polar surface area (TPSA) is 78.2 Å². The van der Waals surface area contributed by atoms with Crippen LogP contribution in [0.5, 0.6) is 0 Å². The third-order valence-electron chi connectivity index (χ3n) is 3.32. The quantitative estimate of drug-likeness (QED) is 0.886. The molecule has 1 amide bonds. The highest BCUT2D eigenvalue weighted by atomic mass is 16.5. The first-order chi connectivity index (χ1) is 9.63. The summed E-state index contributed by atoms with van der Waals surface area (Å²) in [4.78, 5) is 18.2. The number of pyridine rings is 1. The van der Waals surface area contributed by atoms with E-state index in [1.54, 1.807) is 24.1 Å². The minimum Gasteiger partial charge on any atom is -0.378 e. The number of hydrogen-bond acceptors (Lipinski definition) is 5. The zero-order valence-corrected chi connectivity index (χ0v) is 11.7. The number of anilines is 1. The highest BCUT2D eigenvalue weighted by Crippen LogP contribution is 2.16. The molecule has 0 aliphatic carbocycles. The van der Waals surface area contributed by atoms with E-state index in [4.69, 9.17) is 10.00 Å². The van der Waals surface area contributed by atoms with Gasteiger partial charge in [0, 0.05) is 19.3 Å². The first kappa shape index (κ1) is 14.3. The minimum atomic E-state index is -0.422. The number of aromatic nitrogens is 1. The molecule has 1 aliphatic heterocycles. The van der Waals surface area contributed by atoms with Crippen LogP contribution in [0, 0.1) is 18.3 Å². The summed E-state index contributed by atoms with van der Waals surface area (Å²) in [5, 5.41) is 12.2. The first-order valence-electron chi connectivity index (χ1n) is 6.62. The lowest BCUT2D eigenvalue weighted by molar-refractivity contribution is -0.135. The Labute approximate surface area is 118 Å². The van der Waals surface area contributed by atoms with E-state index in [-0.39, 0.29) is 5.91 Å². The second-order valence-corrected chi connectivity index (χ2v) is 4.77. The Kier molecular flexibility index (Phi) is 4.53. The van der Waals surface area contributed by atoms with Gasteiger partial charge in [-0.3, -0.25) is 4.79 Å². The van der Waals surface area contributed by atoms with Gasteiger partial charge in [-0.2, -0.15) is 5.26 Å². The molecule has 2 rings (SSSR count). The molecule has 0 aromatic carbocycles. The van der Waals surface area contributed by atoms with Gasteiger partial charge in [-0.15, -0.1) is 0 Å². The fourth-order valence-electron chi connectivity index (χ4n) is 2.13. The molecule has 0 spiro atoms. The number of aryl methyl sites for hydroxylation is 1. The Bertz CT molecular complexity index is 532. The third kappa shape index (κ3) is 3.06. The van der Waals surface area contributed by atoms with Crippen molar-refractivity contribution >= 4 is 11.7 Å². The van der Waals surface area contributed by atoms with Crippen LogP contribution in [0.1, 0.15) is 18.1 Å². The second-order valence-electron chi connectivity index (χ2n) is 4.77. The zero-order chi connectivity index (χ0) is 14.5. The van der Waals surface area contributed by atoms with E-state index in [0.717, 1.165) is 5.56 Å². The van der Waals surface area contributed by atoms with Gasteiger partial charge in [0.2, 0.25) is 5.91 Å². The van der Waals surface area contributed by atoms with E-state index in [9.17, 15) is 4.79 Å². The molecule has 0 radical (unpaired) electrons. The van der Waals surface area contributed by atoms with E-state index < -0.39 is 6.04 Å². The average Bonchev–Trinajstić information content (AvgIpc) is 2.47. The molecule has 1 aromatic heterocycles. The van der Waals surface area contributed by atoms with Gasteiger partial charge in [0.25, 0.3) is 0 Å². The zero-order valence-electron chi connectivity index (χ0n) is 11.7. The molecule has 0 saturated carbocycles. The normalized spacial score (nSPS) is 16.4. The van der Waals surface area contributed by atoms with Gasteiger partial charge in [0.1, 0.15) is 17.9 Å². The van der Waals surface area contributed by atoms with Crippen molar-refractivity contribution in [2.75, 3.05) is 31.6 Å². The van der Waals surface area contributed by atoms with Crippen LogP contribution in [-0.4, -0.2) is 48.1 Å². The molecule has 6 heteroatoms. The van der Waals surface area contributed by atoms with Gasteiger partial charge in [0.15, 0.2) is 0 Å². The lowest BCUT2D eigenvalue weighted by atomic mass is 10.1. The summed E-state index contributed by atoms with van der Waals surface area (Å²) < 4.78 is 5.23. The standard InChI is InChI=1S/C14H18N4O2/c1-10-3-4-16-13(12(10)9-15)17-11(2)14(19)18-5-7-20-8-6-18/h3-4,11H,5-8H2,1-2H3,(H,16,17). The van der Waals surface area contributed by atoms with E-state index >= 15 is 0 Å². The number of morpholine rings is 1. The van der Waals surface area contributed by atoms with Gasteiger partial charge in [0.05, 0.1) is 18.8 Å². The van der Waals surface area contributed by atoms with Crippen LogP contribution in [0.25, 0.3) is 0 Å². The van der Waals surface area contributed by atoms with Gasteiger partial charge in [-0.25, -0.2) is 4.98 Å². The molecule has 1 N–H and O–H groups in total. The summed E-state index contributed by atoms with van der Waals surface area (Å²) in [5.74, 6) is 0.460. The summed E-state index contributed by atoms with van der Waals surface area (Å²) in [6, 6.07) is 3.47. The number of carbonyl (C=O) groups is 1. The second kappa shape index (κ2) is 6.35. The molecular formula is C14H18N4O2.